The number of nitrogens with zero attached hydrogens (tertiary/aromatic N) is 1. The van der Waals surface area contributed by atoms with Gasteiger partial charge >= 0.3 is 11.1 Å². The fourth-order valence-electron chi connectivity index (χ4n) is 3.75. The van der Waals surface area contributed by atoms with Gasteiger partial charge in [-0.05, 0) is 55.8 Å². The molecular weight excluding hydrogens is 436 g/mol. The van der Waals surface area contributed by atoms with Crippen LogP contribution in [0.2, 0.25) is 0 Å². The van der Waals surface area contributed by atoms with Crippen molar-refractivity contribution in [3.8, 4) is 0 Å². The van der Waals surface area contributed by atoms with Gasteiger partial charge in [0.1, 0.15) is 0 Å². The summed E-state index contributed by atoms with van der Waals surface area (Å²) >= 11 is 3.46. The Kier molecular flexibility index (Phi) is 5.64. The van der Waals surface area contributed by atoms with E-state index in [2.05, 4.69) is 31.2 Å². The Morgan fingerprint density at radius 2 is 1.72 bits per heavy atom. The smallest absolute Gasteiger partial charge is 0.314 e. The number of aromatic nitrogens is 2. The molecule has 0 aliphatic carbocycles. The molecule has 1 aliphatic heterocycles. The van der Waals surface area contributed by atoms with Crippen molar-refractivity contribution in [1.29, 1.82) is 0 Å². The zero-order chi connectivity index (χ0) is 20.4. The lowest BCUT2D eigenvalue weighted by Crippen LogP contribution is -2.41. The fraction of sp³-hybridized carbons (Fsp3) is 0.286. The fourth-order valence-corrected chi connectivity index (χ4v) is 4.25. The Balaban J connectivity index is 1.78. The third-order valence-electron chi connectivity index (χ3n) is 5.23. The van der Waals surface area contributed by atoms with Crippen LogP contribution in [0, 0.1) is 5.92 Å². The molecule has 0 radical (unpaired) electrons. The number of carbonyl (C=O) groups excluding carboxylic acids is 1. The van der Waals surface area contributed by atoms with E-state index in [4.69, 9.17) is 0 Å². The molecule has 1 saturated heterocycles. The number of para-hydroxylation sites is 1. The first kappa shape index (κ1) is 19.6. The molecule has 7 nitrogen and oxygen atoms in total. The quantitative estimate of drug-likeness (QED) is 0.525. The normalized spacial score (nSPS) is 14.8. The Morgan fingerprint density at radius 1 is 1.03 bits per heavy atom. The third kappa shape index (κ3) is 4.18. The molecule has 0 bridgehead atoms. The maximum absolute atomic E-state index is 13.4. The van der Waals surface area contributed by atoms with Gasteiger partial charge in [0.05, 0.1) is 17.6 Å². The first-order chi connectivity index (χ1) is 14.0. The first-order valence-electron chi connectivity index (χ1n) is 9.55. The molecule has 1 fully saturated rings. The molecule has 150 valence electrons. The summed E-state index contributed by atoms with van der Waals surface area (Å²) in [6.07, 6.45) is 1.59. The highest BCUT2D eigenvalue weighted by molar-refractivity contribution is 9.10. The number of benzene rings is 2. The molecule has 2 aromatic carbocycles. The van der Waals surface area contributed by atoms with Crippen LogP contribution >= 0.6 is 15.9 Å². The molecule has 4 rings (SSSR count). The number of fused-ring (bicyclic) bond motifs is 1. The van der Waals surface area contributed by atoms with Crippen molar-refractivity contribution < 1.29 is 4.79 Å². The van der Waals surface area contributed by atoms with E-state index >= 15 is 0 Å². The Morgan fingerprint density at radius 3 is 2.45 bits per heavy atom. The van der Waals surface area contributed by atoms with Crippen LogP contribution in [0.25, 0.3) is 11.0 Å². The van der Waals surface area contributed by atoms with E-state index in [1.54, 1.807) is 11.0 Å². The number of anilines is 1. The van der Waals surface area contributed by atoms with Crippen LogP contribution in [-0.2, 0) is 11.3 Å². The largest absolute Gasteiger partial charge is 0.317 e. The molecule has 0 spiro atoms. The Hall–Kier alpha value is -2.71. The highest BCUT2D eigenvalue weighted by Gasteiger charge is 2.27. The molecule has 3 N–H and O–H groups in total. The number of amides is 1. The van der Waals surface area contributed by atoms with E-state index in [-0.39, 0.29) is 18.4 Å². The zero-order valence-electron chi connectivity index (χ0n) is 15.7. The van der Waals surface area contributed by atoms with Gasteiger partial charge in [-0.15, -0.1) is 0 Å². The van der Waals surface area contributed by atoms with Gasteiger partial charge in [0.25, 0.3) is 0 Å². The van der Waals surface area contributed by atoms with E-state index < -0.39 is 11.1 Å². The zero-order valence-corrected chi connectivity index (χ0v) is 17.3. The van der Waals surface area contributed by atoms with E-state index in [0.717, 1.165) is 41.7 Å². The molecule has 8 heteroatoms. The predicted molar refractivity (Wildman–Crippen MR) is 116 cm³/mol. The van der Waals surface area contributed by atoms with Crippen LogP contribution in [0.15, 0.2) is 56.5 Å². The van der Waals surface area contributed by atoms with E-state index in [0.29, 0.717) is 11.0 Å². The number of nitrogens with one attached hydrogen (secondary N) is 3. The van der Waals surface area contributed by atoms with Gasteiger partial charge in [0, 0.05) is 16.1 Å². The van der Waals surface area contributed by atoms with Crippen LogP contribution in [0.3, 0.4) is 0 Å². The molecule has 0 unspecified atom stereocenters. The van der Waals surface area contributed by atoms with Crippen molar-refractivity contribution >= 4 is 38.6 Å². The molecule has 0 atom stereocenters. The summed E-state index contributed by atoms with van der Waals surface area (Å²) in [5.74, 6) is 0.0197. The van der Waals surface area contributed by atoms with Gasteiger partial charge in [0.15, 0.2) is 0 Å². The first-order valence-corrected chi connectivity index (χ1v) is 10.3. The molecule has 29 heavy (non-hydrogen) atoms. The predicted octanol–water partition coefficient (Wildman–Crippen LogP) is 2.51. The van der Waals surface area contributed by atoms with Crippen molar-refractivity contribution in [3.63, 3.8) is 0 Å². The molecule has 2 heterocycles. The monoisotopic (exact) mass is 456 g/mol. The lowest BCUT2D eigenvalue weighted by atomic mass is 9.96. The van der Waals surface area contributed by atoms with Gasteiger partial charge < -0.3 is 20.2 Å². The number of halogens is 1. The third-order valence-corrected chi connectivity index (χ3v) is 5.69. The van der Waals surface area contributed by atoms with Gasteiger partial charge in [0.2, 0.25) is 5.91 Å². The average Bonchev–Trinajstić information content (AvgIpc) is 2.74. The Labute approximate surface area is 175 Å². The molecule has 1 aliphatic rings. The number of H-pyrrole nitrogens is 2. The van der Waals surface area contributed by atoms with Crippen molar-refractivity contribution in [2.24, 2.45) is 5.92 Å². The van der Waals surface area contributed by atoms with E-state index in [1.165, 1.54) is 0 Å². The summed E-state index contributed by atoms with van der Waals surface area (Å²) in [5.41, 5.74) is 1.17. The van der Waals surface area contributed by atoms with E-state index in [9.17, 15) is 14.4 Å². The highest BCUT2D eigenvalue weighted by atomic mass is 79.9. The van der Waals surface area contributed by atoms with Gasteiger partial charge in [-0.2, -0.15) is 0 Å². The second kappa shape index (κ2) is 8.34. The number of carbonyl (C=O) groups is 1. The van der Waals surface area contributed by atoms with E-state index in [1.807, 2.05) is 36.4 Å². The summed E-state index contributed by atoms with van der Waals surface area (Å²) < 4.78 is 0.755. The average molecular weight is 457 g/mol. The van der Waals surface area contributed by atoms with Gasteiger partial charge in [-0.3, -0.25) is 14.4 Å². The SMILES string of the molecule is O=C(C1CCNCC1)N(Cc1cc(Br)cc2[nH]c(=O)c(=O)[nH]c12)c1ccccc1. The summed E-state index contributed by atoms with van der Waals surface area (Å²) in [6, 6.07) is 13.1. The molecule has 3 aromatic rings. The van der Waals surface area contributed by atoms with Crippen LogP contribution in [0.1, 0.15) is 18.4 Å². The van der Waals surface area contributed by atoms with Crippen molar-refractivity contribution in [2.45, 2.75) is 19.4 Å². The molecule has 1 amide bonds. The minimum atomic E-state index is -0.711. The maximum atomic E-state index is 13.4. The topological polar surface area (TPSA) is 98.1 Å². The lowest BCUT2D eigenvalue weighted by Gasteiger charge is -2.30. The van der Waals surface area contributed by atoms with Gasteiger partial charge in [-0.25, -0.2) is 0 Å². The number of hydrogen-bond donors (Lipinski definition) is 3. The highest BCUT2D eigenvalue weighted by Crippen LogP contribution is 2.27. The van der Waals surface area contributed by atoms with Crippen LogP contribution in [0.5, 0.6) is 0 Å². The molecule has 1 aromatic heterocycles. The number of piperidine rings is 1. The van der Waals surface area contributed by atoms with Crippen molar-refractivity contribution in [3.05, 3.63) is 73.2 Å². The van der Waals surface area contributed by atoms with Crippen LogP contribution in [-0.4, -0.2) is 29.0 Å². The molecular formula is C21H21BrN4O3. The van der Waals surface area contributed by atoms with Crippen molar-refractivity contribution in [1.82, 2.24) is 15.3 Å². The van der Waals surface area contributed by atoms with Crippen molar-refractivity contribution in [2.75, 3.05) is 18.0 Å². The second-order valence-electron chi connectivity index (χ2n) is 7.18. The summed E-state index contributed by atoms with van der Waals surface area (Å²) in [5, 5.41) is 3.29. The maximum Gasteiger partial charge on any atom is 0.314 e. The lowest BCUT2D eigenvalue weighted by molar-refractivity contribution is -0.123. The number of rotatable bonds is 4. The second-order valence-corrected chi connectivity index (χ2v) is 8.10. The van der Waals surface area contributed by atoms with Crippen LogP contribution < -0.4 is 21.3 Å². The number of aromatic amines is 2. The molecule has 0 saturated carbocycles. The van der Waals surface area contributed by atoms with Gasteiger partial charge in [-0.1, -0.05) is 34.1 Å². The minimum Gasteiger partial charge on any atom is -0.317 e. The number of hydrogen-bond acceptors (Lipinski definition) is 4. The van der Waals surface area contributed by atoms with Crippen LogP contribution in [0.4, 0.5) is 5.69 Å². The Bertz CT molecular complexity index is 1150. The summed E-state index contributed by atoms with van der Waals surface area (Å²) in [7, 11) is 0. The minimum absolute atomic E-state index is 0.0475. The summed E-state index contributed by atoms with van der Waals surface area (Å²) in [6.45, 7) is 1.94. The standard InChI is InChI=1S/C21H21BrN4O3/c22-15-10-14(18-17(11-15)24-19(27)20(28)25-18)12-26(16-4-2-1-3-5-16)21(29)13-6-8-23-9-7-13/h1-5,10-11,13,23H,6-9,12H2,(H,24,27)(H,25,28). The summed E-state index contributed by atoms with van der Waals surface area (Å²) in [4.78, 5) is 44.1.